The number of hydrogen-bond donors (Lipinski definition) is 0. The molecule has 0 aromatic carbocycles. The second-order valence-corrected chi connectivity index (χ2v) is 3.61. The molecule has 4 heteroatoms. The van der Waals surface area contributed by atoms with Gasteiger partial charge in [-0.25, -0.2) is 9.50 Å². The van der Waals surface area contributed by atoms with E-state index in [4.69, 9.17) is 0 Å². The molecular weight excluding hydrogens is 200 g/mol. The molecule has 78 valence electrons. The molecule has 0 amide bonds. The first-order valence-electron chi connectivity index (χ1n) is 5.08. The third kappa shape index (κ3) is 1.35. The SMILES string of the molecule is Cc1cccn2nc(-c3ccccn3)nc12. The zero-order valence-electron chi connectivity index (χ0n) is 8.83. The fourth-order valence-corrected chi connectivity index (χ4v) is 1.64. The molecule has 0 spiro atoms. The minimum absolute atomic E-state index is 0.662. The number of hydrogen-bond acceptors (Lipinski definition) is 3. The van der Waals surface area contributed by atoms with Crippen molar-refractivity contribution in [1.82, 2.24) is 19.6 Å². The molecule has 0 aliphatic heterocycles. The van der Waals surface area contributed by atoms with Crippen LogP contribution in [0.2, 0.25) is 0 Å². The van der Waals surface area contributed by atoms with Gasteiger partial charge in [-0.3, -0.25) is 4.98 Å². The van der Waals surface area contributed by atoms with Crippen LogP contribution in [0.3, 0.4) is 0 Å². The van der Waals surface area contributed by atoms with Gasteiger partial charge in [-0.15, -0.1) is 5.10 Å². The molecule has 0 aliphatic rings. The van der Waals surface area contributed by atoms with Gasteiger partial charge >= 0.3 is 0 Å². The predicted octanol–water partition coefficient (Wildman–Crippen LogP) is 2.10. The van der Waals surface area contributed by atoms with Crippen molar-refractivity contribution < 1.29 is 0 Å². The zero-order chi connectivity index (χ0) is 11.0. The van der Waals surface area contributed by atoms with Crippen molar-refractivity contribution in [2.45, 2.75) is 6.92 Å². The molecule has 0 saturated carbocycles. The van der Waals surface area contributed by atoms with E-state index in [1.807, 2.05) is 43.5 Å². The Morgan fingerprint density at radius 3 is 2.81 bits per heavy atom. The lowest BCUT2D eigenvalue weighted by Gasteiger charge is -1.92. The van der Waals surface area contributed by atoms with Crippen molar-refractivity contribution in [2.75, 3.05) is 0 Å². The Kier molecular flexibility index (Phi) is 1.93. The van der Waals surface area contributed by atoms with Crippen LogP contribution in [0.4, 0.5) is 0 Å². The Morgan fingerprint density at radius 2 is 2.06 bits per heavy atom. The molecule has 0 atom stereocenters. The average molecular weight is 210 g/mol. The van der Waals surface area contributed by atoms with Crippen LogP contribution in [0.25, 0.3) is 17.2 Å². The molecule has 3 heterocycles. The highest BCUT2D eigenvalue weighted by Crippen LogP contribution is 2.14. The molecule has 3 aromatic rings. The van der Waals surface area contributed by atoms with Gasteiger partial charge in [-0.2, -0.15) is 0 Å². The van der Waals surface area contributed by atoms with E-state index in [1.165, 1.54) is 0 Å². The summed E-state index contributed by atoms with van der Waals surface area (Å²) in [7, 11) is 0. The predicted molar refractivity (Wildman–Crippen MR) is 61.0 cm³/mol. The van der Waals surface area contributed by atoms with Gasteiger partial charge in [0, 0.05) is 12.4 Å². The molecule has 0 unspecified atom stereocenters. The third-order valence-electron chi connectivity index (χ3n) is 2.45. The topological polar surface area (TPSA) is 43.1 Å². The fourth-order valence-electron chi connectivity index (χ4n) is 1.64. The summed E-state index contributed by atoms with van der Waals surface area (Å²) in [5, 5.41) is 4.39. The van der Waals surface area contributed by atoms with Crippen LogP contribution in [-0.4, -0.2) is 19.6 Å². The van der Waals surface area contributed by atoms with Crippen molar-refractivity contribution in [3.05, 3.63) is 48.3 Å². The van der Waals surface area contributed by atoms with Gasteiger partial charge in [0.25, 0.3) is 0 Å². The number of pyridine rings is 2. The molecule has 0 aliphatic carbocycles. The summed E-state index contributed by atoms with van der Waals surface area (Å²) in [6.07, 6.45) is 3.63. The smallest absolute Gasteiger partial charge is 0.200 e. The van der Waals surface area contributed by atoms with Crippen LogP contribution >= 0.6 is 0 Å². The van der Waals surface area contributed by atoms with Crippen LogP contribution in [-0.2, 0) is 0 Å². The molecule has 4 nitrogen and oxygen atoms in total. The summed E-state index contributed by atoms with van der Waals surface area (Å²) in [4.78, 5) is 8.71. The van der Waals surface area contributed by atoms with Crippen LogP contribution < -0.4 is 0 Å². The van der Waals surface area contributed by atoms with Gasteiger partial charge < -0.3 is 0 Å². The normalized spacial score (nSPS) is 10.8. The minimum atomic E-state index is 0.662. The third-order valence-corrected chi connectivity index (χ3v) is 2.45. The molecular formula is C12H10N4. The summed E-state index contributed by atoms with van der Waals surface area (Å²) in [6.45, 7) is 2.02. The van der Waals surface area contributed by atoms with E-state index in [9.17, 15) is 0 Å². The van der Waals surface area contributed by atoms with Crippen molar-refractivity contribution in [3.8, 4) is 11.5 Å². The first-order valence-corrected chi connectivity index (χ1v) is 5.08. The van der Waals surface area contributed by atoms with Gasteiger partial charge in [0.2, 0.25) is 5.82 Å². The first-order chi connectivity index (χ1) is 7.84. The van der Waals surface area contributed by atoms with E-state index >= 15 is 0 Å². The van der Waals surface area contributed by atoms with Gasteiger partial charge in [0.05, 0.1) is 0 Å². The molecule has 0 saturated heterocycles. The van der Waals surface area contributed by atoms with E-state index in [0.717, 1.165) is 16.9 Å². The average Bonchev–Trinajstić information content (AvgIpc) is 2.76. The highest BCUT2D eigenvalue weighted by molar-refractivity contribution is 5.56. The Hall–Kier alpha value is -2.23. The van der Waals surface area contributed by atoms with E-state index in [1.54, 1.807) is 10.7 Å². The van der Waals surface area contributed by atoms with E-state index < -0.39 is 0 Å². The highest BCUT2D eigenvalue weighted by atomic mass is 15.3. The Labute approximate surface area is 92.6 Å². The molecule has 16 heavy (non-hydrogen) atoms. The number of fused-ring (bicyclic) bond motifs is 1. The lowest BCUT2D eigenvalue weighted by Crippen LogP contribution is -1.88. The summed E-state index contributed by atoms with van der Waals surface area (Å²) < 4.78 is 1.78. The minimum Gasteiger partial charge on any atom is -0.253 e. The van der Waals surface area contributed by atoms with Crippen molar-refractivity contribution in [2.24, 2.45) is 0 Å². The van der Waals surface area contributed by atoms with Crippen molar-refractivity contribution >= 4 is 5.65 Å². The summed E-state index contributed by atoms with van der Waals surface area (Å²) in [5.74, 6) is 0.662. The number of aromatic nitrogens is 4. The van der Waals surface area contributed by atoms with Crippen LogP contribution in [0.1, 0.15) is 5.56 Å². The maximum Gasteiger partial charge on any atom is 0.200 e. The highest BCUT2D eigenvalue weighted by Gasteiger charge is 2.07. The van der Waals surface area contributed by atoms with Gasteiger partial charge in [-0.05, 0) is 30.7 Å². The first kappa shape index (κ1) is 9.03. The van der Waals surface area contributed by atoms with Crippen LogP contribution in [0.5, 0.6) is 0 Å². The Balaban J connectivity index is 2.23. The summed E-state index contributed by atoms with van der Waals surface area (Å²) in [5.41, 5.74) is 2.78. The number of aryl methyl sites for hydroxylation is 1. The number of rotatable bonds is 1. The lowest BCUT2D eigenvalue weighted by atomic mass is 10.3. The van der Waals surface area contributed by atoms with E-state index in [0.29, 0.717) is 5.82 Å². The van der Waals surface area contributed by atoms with Crippen molar-refractivity contribution in [1.29, 1.82) is 0 Å². The van der Waals surface area contributed by atoms with Gasteiger partial charge in [-0.1, -0.05) is 12.1 Å². The second kappa shape index (κ2) is 3.41. The van der Waals surface area contributed by atoms with Gasteiger partial charge in [0.1, 0.15) is 5.69 Å². The quantitative estimate of drug-likeness (QED) is 0.617. The largest absolute Gasteiger partial charge is 0.253 e. The second-order valence-electron chi connectivity index (χ2n) is 3.61. The molecule has 0 radical (unpaired) electrons. The molecule has 3 rings (SSSR count). The fraction of sp³-hybridized carbons (Fsp3) is 0.0833. The van der Waals surface area contributed by atoms with E-state index in [2.05, 4.69) is 15.1 Å². The maximum atomic E-state index is 4.47. The van der Waals surface area contributed by atoms with Crippen molar-refractivity contribution in [3.63, 3.8) is 0 Å². The summed E-state index contributed by atoms with van der Waals surface area (Å²) >= 11 is 0. The van der Waals surface area contributed by atoms with Crippen LogP contribution in [0, 0.1) is 6.92 Å². The lowest BCUT2D eigenvalue weighted by molar-refractivity contribution is 0.957. The summed E-state index contributed by atoms with van der Waals surface area (Å²) in [6, 6.07) is 9.70. The zero-order valence-corrected chi connectivity index (χ0v) is 8.83. The monoisotopic (exact) mass is 210 g/mol. The number of nitrogens with zero attached hydrogens (tertiary/aromatic N) is 4. The molecule has 3 aromatic heterocycles. The standard InChI is InChI=1S/C12H10N4/c1-9-5-4-8-16-12(9)14-11(15-16)10-6-2-3-7-13-10/h2-8H,1H3. The van der Waals surface area contributed by atoms with E-state index in [-0.39, 0.29) is 0 Å². The Bertz CT molecular complexity index is 628. The van der Waals surface area contributed by atoms with Crippen LogP contribution in [0.15, 0.2) is 42.7 Å². The van der Waals surface area contributed by atoms with Gasteiger partial charge in [0.15, 0.2) is 5.65 Å². The molecule has 0 N–H and O–H groups in total. The molecule has 0 fully saturated rings. The molecule has 0 bridgehead atoms. The maximum absolute atomic E-state index is 4.47. The Morgan fingerprint density at radius 1 is 1.12 bits per heavy atom.